The summed E-state index contributed by atoms with van der Waals surface area (Å²) in [5.41, 5.74) is 1.33. The Morgan fingerprint density at radius 3 is 2.37 bits per heavy atom. The molecule has 2 aromatic rings. The van der Waals surface area contributed by atoms with E-state index in [4.69, 9.17) is 23.2 Å². The van der Waals surface area contributed by atoms with Crippen LogP contribution in [0.4, 0.5) is 15.8 Å². The van der Waals surface area contributed by atoms with Crippen molar-refractivity contribution in [2.24, 2.45) is 0 Å². The van der Waals surface area contributed by atoms with Gasteiger partial charge in [0.05, 0.1) is 17.0 Å². The molecule has 0 saturated heterocycles. The van der Waals surface area contributed by atoms with Crippen molar-refractivity contribution in [3.8, 4) is 0 Å². The zero-order valence-corrected chi connectivity index (χ0v) is 17.3. The molecule has 1 amide bonds. The van der Waals surface area contributed by atoms with E-state index in [2.05, 4.69) is 5.32 Å². The number of benzene rings is 2. The van der Waals surface area contributed by atoms with Crippen LogP contribution in [-0.4, -0.2) is 26.6 Å². The largest absolute Gasteiger partial charge is 0.324 e. The normalized spacial score (nSPS) is 12.5. The third-order valence-electron chi connectivity index (χ3n) is 3.93. The van der Waals surface area contributed by atoms with Gasteiger partial charge in [-0.2, -0.15) is 0 Å². The molecule has 2 rings (SSSR count). The molecule has 2 aromatic carbocycles. The smallest absolute Gasteiger partial charge is 0.248 e. The third-order valence-corrected chi connectivity index (χ3v) is 5.80. The molecule has 1 N–H and O–H groups in total. The Morgan fingerprint density at radius 2 is 1.85 bits per heavy atom. The maximum absolute atomic E-state index is 13.3. The highest BCUT2D eigenvalue weighted by Gasteiger charge is 2.31. The Morgan fingerprint density at radius 1 is 1.19 bits per heavy atom. The summed E-state index contributed by atoms with van der Waals surface area (Å²) in [7, 11) is -3.78. The van der Waals surface area contributed by atoms with E-state index in [9.17, 15) is 17.6 Å². The number of nitrogens with one attached hydrogen (secondary N) is 1. The Labute approximate surface area is 168 Å². The minimum atomic E-state index is -3.78. The van der Waals surface area contributed by atoms with Crippen molar-refractivity contribution in [1.29, 1.82) is 0 Å². The Balaban J connectivity index is 2.40. The van der Waals surface area contributed by atoms with Gasteiger partial charge in [-0.3, -0.25) is 9.10 Å². The Bertz CT molecular complexity index is 967. The maximum Gasteiger partial charge on any atom is 0.248 e. The van der Waals surface area contributed by atoms with Crippen LogP contribution in [0, 0.1) is 12.7 Å². The van der Waals surface area contributed by atoms with Gasteiger partial charge in [-0.25, -0.2) is 12.8 Å². The third kappa shape index (κ3) is 5.12. The second-order valence-electron chi connectivity index (χ2n) is 6.03. The molecule has 146 valence electrons. The SMILES string of the molecule is CCC(C(=O)Nc1ccc(F)c(Cl)c1)N(c1ccc(C)c(Cl)c1)S(C)(=O)=O. The predicted molar refractivity (Wildman–Crippen MR) is 108 cm³/mol. The number of rotatable bonds is 6. The Hall–Kier alpha value is -1.83. The van der Waals surface area contributed by atoms with Gasteiger partial charge in [0.1, 0.15) is 11.9 Å². The average molecular weight is 433 g/mol. The molecule has 5 nitrogen and oxygen atoms in total. The van der Waals surface area contributed by atoms with E-state index in [1.165, 1.54) is 18.2 Å². The van der Waals surface area contributed by atoms with Gasteiger partial charge in [-0.05, 0) is 49.2 Å². The molecule has 0 aliphatic rings. The molecule has 0 aliphatic heterocycles. The van der Waals surface area contributed by atoms with Gasteiger partial charge >= 0.3 is 0 Å². The van der Waals surface area contributed by atoms with Crippen LogP contribution >= 0.6 is 23.2 Å². The number of aryl methyl sites for hydroxylation is 1. The monoisotopic (exact) mass is 432 g/mol. The zero-order chi connectivity index (χ0) is 20.4. The van der Waals surface area contributed by atoms with Crippen LogP contribution < -0.4 is 9.62 Å². The lowest BCUT2D eigenvalue weighted by molar-refractivity contribution is -0.117. The van der Waals surface area contributed by atoms with Crippen LogP contribution in [0.15, 0.2) is 36.4 Å². The summed E-state index contributed by atoms with van der Waals surface area (Å²) in [6.07, 6.45) is 1.23. The predicted octanol–water partition coefficient (Wildman–Crippen LogP) is 4.62. The van der Waals surface area contributed by atoms with Crippen molar-refractivity contribution >= 4 is 50.5 Å². The lowest BCUT2D eigenvalue weighted by atomic mass is 10.1. The number of nitrogens with zero attached hydrogens (tertiary/aromatic N) is 1. The summed E-state index contributed by atoms with van der Waals surface area (Å²) in [5.74, 6) is -1.18. The van der Waals surface area contributed by atoms with Crippen LogP contribution in [0.1, 0.15) is 18.9 Å². The summed E-state index contributed by atoms with van der Waals surface area (Å²) in [6.45, 7) is 3.48. The quantitative estimate of drug-likeness (QED) is 0.723. The van der Waals surface area contributed by atoms with Gasteiger partial charge in [0, 0.05) is 10.7 Å². The first-order chi connectivity index (χ1) is 12.5. The molecule has 0 bridgehead atoms. The number of carbonyl (C=O) groups is 1. The number of amides is 1. The summed E-state index contributed by atoms with van der Waals surface area (Å²) in [5, 5.41) is 2.82. The van der Waals surface area contributed by atoms with Crippen molar-refractivity contribution in [3.63, 3.8) is 0 Å². The van der Waals surface area contributed by atoms with Crippen molar-refractivity contribution in [2.45, 2.75) is 26.3 Å². The lowest BCUT2D eigenvalue weighted by Crippen LogP contribution is -2.47. The molecule has 0 heterocycles. The standard InChI is InChI=1S/C18H19Cl2FN2O3S/c1-4-17(18(24)22-12-6-8-16(21)15(20)9-12)23(27(3,25)26)13-7-5-11(2)14(19)10-13/h5-10,17H,4H2,1-3H3,(H,22,24). The van der Waals surface area contributed by atoms with Crippen molar-refractivity contribution in [1.82, 2.24) is 0 Å². The van der Waals surface area contributed by atoms with Gasteiger partial charge < -0.3 is 5.32 Å². The summed E-state index contributed by atoms with van der Waals surface area (Å²) >= 11 is 11.9. The molecule has 0 radical (unpaired) electrons. The summed E-state index contributed by atoms with van der Waals surface area (Å²) in [6, 6.07) is 7.47. The maximum atomic E-state index is 13.3. The molecule has 0 spiro atoms. The molecule has 9 heteroatoms. The topological polar surface area (TPSA) is 66.5 Å². The van der Waals surface area contributed by atoms with E-state index in [0.717, 1.165) is 22.2 Å². The fourth-order valence-corrected chi connectivity index (χ4v) is 4.14. The van der Waals surface area contributed by atoms with Gasteiger partial charge in [0.15, 0.2) is 0 Å². The molecule has 0 saturated carbocycles. The minimum Gasteiger partial charge on any atom is -0.324 e. The minimum absolute atomic E-state index is 0.147. The molecule has 0 fully saturated rings. The number of sulfonamides is 1. The van der Waals surface area contributed by atoms with Crippen LogP contribution in [0.3, 0.4) is 0 Å². The summed E-state index contributed by atoms with van der Waals surface area (Å²) in [4.78, 5) is 12.8. The van der Waals surface area contributed by atoms with Gasteiger partial charge in [-0.1, -0.05) is 36.2 Å². The van der Waals surface area contributed by atoms with E-state index in [1.54, 1.807) is 26.0 Å². The first kappa shape index (κ1) is 21.5. The molecule has 1 unspecified atom stereocenters. The highest BCUT2D eigenvalue weighted by Crippen LogP contribution is 2.28. The lowest BCUT2D eigenvalue weighted by Gasteiger charge is -2.30. The van der Waals surface area contributed by atoms with Crippen LogP contribution in [0.25, 0.3) is 0 Å². The van der Waals surface area contributed by atoms with Crippen LogP contribution in [0.5, 0.6) is 0 Å². The van der Waals surface area contributed by atoms with Gasteiger partial charge in [0.2, 0.25) is 15.9 Å². The number of hydrogen-bond acceptors (Lipinski definition) is 3. The van der Waals surface area contributed by atoms with E-state index in [1.807, 2.05) is 0 Å². The first-order valence-electron chi connectivity index (χ1n) is 8.06. The second kappa shape index (κ2) is 8.46. The van der Waals surface area contributed by atoms with E-state index in [-0.39, 0.29) is 22.8 Å². The fourth-order valence-electron chi connectivity index (χ4n) is 2.58. The second-order valence-corrected chi connectivity index (χ2v) is 8.71. The van der Waals surface area contributed by atoms with Crippen LogP contribution in [0.2, 0.25) is 10.0 Å². The molecule has 1 atom stereocenters. The van der Waals surface area contributed by atoms with Gasteiger partial charge in [0.25, 0.3) is 0 Å². The Kier molecular flexibility index (Phi) is 6.72. The molecule has 27 heavy (non-hydrogen) atoms. The van der Waals surface area contributed by atoms with Crippen molar-refractivity contribution < 1.29 is 17.6 Å². The molecular formula is C18H19Cl2FN2O3S. The van der Waals surface area contributed by atoms with E-state index >= 15 is 0 Å². The van der Waals surface area contributed by atoms with Crippen molar-refractivity contribution in [2.75, 3.05) is 15.9 Å². The molecular weight excluding hydrogens is 414 g/mol. The van der Waals surface area contributed by atoms with Crippen LogP contribution in [-0.2, 0) is 14.8 Å². The number of hydrogen-bond donors (Lipinski definition) is 1. The number of halogens is 3. The summed E-state index contributed by atoms with van der Waals surface area (Å²) < 4.78 is 39.2. The molecule has 0 aromatic heterocycles. The average Bonchev–Trinajstić information content (AvgIpc) is 2.57. The number of anilines is 2. The first-order valence-corrected chi connectivity index (χ1v) is 10.7. The van der Waals surface area contributed by atoms with E-state index in [0.29, 0.717) is 5.02 Å². The van der Waals surface area contributed by atoms with E-state index < -0.39 is 27.8 Å². The van der Waals surface area contributed by atoms with Gasteiger partial charge in [-0.15, -0.1) is 0 Å². The fraction of sp³-hybridized carbons (Fsp3) is 0.278. The highest BCUT2D eigenvalue weighted by atomic mass is 35.5. The number of carbonyl (C=O) groups excluding carboxylic acids is 1. The van der Waals surface area contributed by atoms with Crippen molar-refractivity contribution in [3.05, 3.63) is 57.8 Å². The highest BCUT2D eigenvalue weighted by molar-refractivity contribution is 7.92. The molecule has 0 aliphatic carbocycles. The zero-order valence-electron chi connectivity index (χ0n) is 15.0.